The highest BCUT2D eigenvalue weighted by Crippen LogP contribution is 2.82. The second-order valence-electron chi connectivity index (χ2n) is 8.48. The first-order valence-corrected chi connectivity index (χ1v) is 9.28. The van der Waals surface area contributed by atoms with Gasteiger partial charge in [-0.2, -0.15) is 0 Å². The summed E-state index contributed by atoms with van der Waals surface area (Å²) in [4.78, 5) is 0. The molecule has 3 aliphatic carbocycles. The maximum atomic E-state index is 6.27. The van der Waals surface area contributed by atoms with Crippen LogP contribution in [-0.2, 0) is 9.31 Å². The van der Waals surface area contributed by atoms with Gasteiger partial charge in [0.05, 0.1) is 11.2 Å². The Bertz CT molecular complexity index is 358. The normalized spacial score (nSPS) is 40.4. The third-order valence-electron chi connectivity index (χ3n) is 6.28. The third-order valence-corrected chi connectivity index (χ3v) is 6.84. The summed E-state index contributed by atoms with van der Waals surface area (Å²) in [6.45, 7) is 8.64. The van der Waals surface area contributed by atoms with Gasteiger partial charge in [0.2, 0.25) is 0 Å². The molecule has 0 unspecified atom stereocenters. The van der Waals surface area contributed by atoms with Gasteiger partial charge in [-0.05, 0) is 65.2 Å². The smallest absolute Gasteiger partial charge is 0.403 e. The fourth-order valence-corrected chi connectivity index (χ4v) is 4.86. The first kappa shape index (κ1) is 15.4. The molecule has 20 heavy (non-hydrogen) atoms. The molecule has 0 aromatic heterocycles. The molecule has 0 N–H and O–H groups in total. The molecule has 3 saturated carbocycles. The molecule has 0 amide bonds. The molecule has 0 atom stereocenters. The van der Waals surface area contributed by atoms with Crippen LogP contribution < -0.4 is 0 Å². The molecule has 4 rings (SSSR count). The van der Waals surface area contributed by atoms with Crippen LogP contribution in [0, 0.1) is 5.41 Å². The van der Waals surface area contributed by atoms with Crippen molar-refractivity contribution in [2.45, 2.75) is 89.2 Å². The maximum absolute atomic E-state index is 6.27. The van der Waals surface area contributed by atoms with Crippen molar-refractivity contribution in [3.8, 4) is 0 Å². The van der Waals surface area contributed by atoms with E-state index in [9.17, 15) is 0 Å². The van der Waals surface area contributed by atoms with Crippen LogP contribution in [-0.4, -0.2) is 23.7 Å². The summed E-state index contributed by atoms with van der Waals surface area (Å²) in [5.74, 6) is 0. The third kappa shape index (κ3) is 2.21. The molecular weight excluding hydrogens is 315 g/mol. The Morgan fingerprint density at radius 2 is 1.45 bits per heavy atom. The van der Waals surface area contributed by atoms with Gasteiger partial charge in [0.25, 0.3) is 0 Å². The summed E-state index contributed by atoms with van der Waals surface area (Å²) in [6.07, 6.45) is 9.52. The van der Waals surface area contributed by atoms with Crippen molar-refractivity contribution in [1.82, 2.24) is 0 Å². The van der Waals surface area contributed by atoms with Crippen LogP contribution in [0.2, 0.25) is 5.31 Å². The van der Waals surface area contributed by atoms with Crippen molar-refractivity contribution in [1.29, 1.82) is 0 Å². The van der Waals surface area contributed by atoms with Gasteiger partial charge in [-0.3, -0.25) is 0 Å². The molecule has 1 heterocycles. The first-order chi connectivity index (χ1) is 9.24. The van der Waals surface area contributed by atoms with Gasteiger partial charge in [-0.25, -0.2) is 0 Å². The molecule has 2 nitrogen and oxygen atoms in total. The predicted octanol–water partition coefficient (Wildman–Crippen LogP) is 4.96. The minimum atomic E-state index is -0.171. The monoisotopic (exact) mass is 342 g/mol. The number of unbranched alkanes of at least 4 members (excludes halogenated alkanes) is 2. The van der Waals surface area contributed by atoms with E-state index < -0.39 is 0 Å². The first-order valence-electron chi connectivity index (χ1n) is 8.16. The Hall–Kier alpha value is 0.465. The van der Waals surface area contributed by atoms with E-state index in [1.807, 2.05) is 0 Å². The molecule has 0 spiro atoms. The number of rotatable bonds is 6. The SMILES string of the molecule is CC1(C)OB(C23CC(CCCCCBr)(C2)C3)OC1(C)C. The van der Waals surface area contributed by atoms with Gasteiger partial charge in [0, 0.05) is 10.6 Å². The summed E-state index contributed by atoms with van der Waals surface area (Å²) in [5, 5.41) is 1.51. The highest BCUT2D eigenvalue weighted by molar-refractivity contribution is 9.09. The largest absolute Gasteiger partial charge is 0.464 e. The zero-order valence-electron chi connectivity index (χ0n) is 13.4. The topological polar surface area (TPSA) is 18.5 Å². The fourth-order valence-electron chi connectivity index (χ4n) is 4.46. The van der Waals surface area contributed by atoms with Gasteiger partial charge < -0.3 is 9.31 Å². The highest BCUT2D eigenvalue weighted by atomic mass is 79.9. The van der Waals surface area contributed by atoms with Crippen molar-refractivity contribution in [2.24, 2.45) is 5.41 Å². The van der Waals surface area contributed by atoms with Crippen molar-refractivity contribution in [3.63, 3.8) is 0 Å². The van der Waals surface area contributed by atoms with Crippen LogP contribution >= 0.6 is 15.9 Å². The van der Waals surface area contributed by atoms with E-state index in [-0.39, 0.29) is 18.3 Å². The van der Waals surface area contributed by atoms with E-state index in [0.29, 0.717) is 10.7 Å². The van der Waals surface area contributed by atoms with Gasteiger partial charge in [0.15, 0.2) is 0 Å². The highest BCUT2D eigenvalue weighted by Gasteiger charge is 2.75. The second kappa shape index (κ2) is 4.73. The number of alkyl halides is 1. The lowest BCUT2D eigenvalue weighted by Crippen LogP contribution is -2.63. The zero-order chi connectivity index (χ0) is 14.6. The molecule has 0 aromatic rings. The van der Waals surface area contributed by atoms with Gasteiger partial charge in [0.1, 0.15) is 0 Å². The van der Waals surface area contributed by atoms with Crippen LogP contribution in [0.4, 0.5) is 0 Å². The van der Waals surface area contributed by atoms with Crippen molar-refractivity contribution < 1.29 is 9.31 Å². The average molecular weight is 343 g/mol. The molecular formula is C16H28BBrO2. The van der Waals surface area contributed by atoms with E-state index in [4.69, 9.17) is 9.31 Å². The Balaban J connectivity index is 1.50. The van der Waals surface area contributed by atoms with Crippen LogP contribution in [0.1, 0.15) is 72.6 Å². The van der Waals surface area contributed by atoms with E-state index in [1.165, 1.54) is 44.9 Å². The Labute approximate surface area is 132 Å². The standard InChI is InChI=1S/C16H28BBrO2/c1-13(2)14(3,4)20-17(19-13)16-10-15(11-16,12-16)8-6-5-7-9-18/h5-12H2,1-4H3. The zero-order valence-corrected chi connectivity index (χ0v) is 15.0. The minimum absolute atomic E-state index is 0.0388. The Morgan fingerprint density at radius 3 is 1.95 bits per heavy atom. The van der Waals surface area contributed by atoms with Crippen molar-refractivity contribution >= 4 is 23.0 Å². The summed E-state index contributed by atoms with van der Waals surface area (Å²) < 4.78 is 12.5. The number of hydrogen-bond acceptors (Lipinski definition) is 2. The Morgan fingerprint density at radius 1 is 0.900 bits per heavy atom. The molecule has 114 valence electrons. The summed E-state index contributed by atoms with van der Waals surface area (Å²) >= 11 is 3.51. The van der Waals surface area contributed by atoms with E-state index in [1.54, 1.807) is 0 Å². The quantitative estimate of drug-likeness (QED) is 0.386. The molecule has 4 fully saturated rings. The van der Waals surface area contributed by atoms with Crippen molar-refractivity contribution in [3.05, 3.63) is 0 Å². The molecule has 2 bridgehead atoms. The Kier molecular flexibility index (Phi) is 3.63. The van der Waals surface area contributed by atoms with Crippen LogP contribution in [0.25, 0.3) is 0 Å². The summed E-state index contributed by atoms with van der Waals surface area (Å²) in [7, 11) is 0.0388. The second-order valence-corrected chi connectivity index (χ2v) is 9.27. The van der Waals surface area contributed by atoms with Gasteiger partial charge >= 0.3 is 7.12 Å². The molecule has 0 aromatic carbocycles. The average Bonchev–Trinajstić information content (AvgIpc) is 2.43. The number of hydrogen-bond donors (Lipinski definition) is 0. The predicted molar refractivity (Wildman–Crippen MR) is 87.3 cm³/mol. The van der Waals surface area contributed by atoms with Crippen LogP contribution in [0.5, 0.6) is 0 Å². The molecule has 4 aliphatic rings. The van der Waals surface area contributed by atoms with Crippen LogP contribution in [0.3, 0.4) is 0 Å². The van der Waals surface area contributed by atoms with E-state index >= 15 is 0 Å². The molecule has 1 saturated heterocycles. The van der Waals surface area contributed by atoms with E-state index in [0.717, 1.165) is 5.33 Å². The summed E-state index contributed by atoms with van der Waals surface area (Å²) in [5.41, 5.74) is 0.322. The minimum Gasteiger partial charge on any atom is -0.403 e. The molecule has 1 aliphatic heterocycles. The van der Waals surface area contributed by atoms with Gasteiger partial charge in [-0.15, -0.1) is 0 Å². The van der Waals surface area contributed by atoms with E-state index in [2.05, 4.69) is 43.6 Å². The maximum Gasteiger partial charge on any atom is 0.464 e. The lowest BCUT2D eigenvalue weighted by Gasteiger charge is -2.71. The fraction of sp³-hybridized carbons (Fsp3) is 1.00. The lowest BCUT2D eigenvalue weighted by atomic mass is 9.23. The van der Waals surface area contributed by atoms with Crippen LogP contribution in [0.15, 0.2) is 0 Å². The number of halogens is 1. The van der Waals surface area contributed by atoms with Crippen molar-refractivity contribution in [2.75, 3.05) is 5.33 Å². The molecule has 0 radical (unpaired) electrons. The lowest BCUT2D eigenvalue weighted by molar-refractivity contribution is -0.116. The summed E-state index contributed by atoms with van der Waals surface area (Å²) in [6, 6.07) is 0. The van der Waals surface area contributed by atoms with Gasteiger partial charge in [-0.1, -0.05) is 28.8 Å². The molecule has 4 heteroatoms.